The summed E-state index contributed by atoms with van der Waals surface area (Å²) in [5.74, 6) is -1.93. The second kappa shape index (κ2) is 14.1. The van der Waals surface area contributed by atoms with Gasteiger partial charge in [0.25, 0.3) is 5.91 Å². The summed E-state index contributed by atoms with van der Waals surface area (Å²) >= 11 is 0. The zero-order valence-electron chi connectivity index (χ0n) is 24.6. The van der Waals surface area contributed by atoms with E-state index in [1.54, 1.807) is 61.9 Å². The molecule has 1 unspecified atom stereocenters. The van der Waals surface area contributed by atoms with Crippen molar-refractivity contribution in [1.82, 2.24) is 10.0 Å². The van der Waals surface area contributed by atoms with E-state index in [1.807, 2.05) is 18.2 Å². The third kappa shape index (κ3) is 11.2. The number of rotatable bonds is 11. The van der Waals surface area contributed by atoms with E-state index in [1.165, 1.54) is 18.2 Å². The Labute approximate surface area is 254 Å². The number of nitrogens with one attached hydrogen (secondary N) is 2. The van der Waals surface area contributed by atoms with Crippen LogP contribution in [0.25, 0.3) is 11.1 Å². The number of sulfonamides is 1. The fraction of sp³-hybridized carbons (Fsp3) is 0.355. The van der Waals surface area contributed by atoms with Crippen LogP contribution in [-0.2, 0) is 14.8 Å². The molecule has 3 rings (SSSR count). The highest BCUT2D eigenvalue weighted by Gasteiger charge is 2.30. The van der Waals surface area contributed by atoms with E-state index >= 15 is 0 Å². The van der Waals surface area contributed by atoms with Gasteiger partial charge in [0.15, 0.2) is 6.61 Å². The Hall–Kier alpha value is -4.10. The SMILES string of the molecule is CC(C)(C)OC(=O)NCC(C[C@@H](O)c1ccccc1)c1ccc(-c2ccc(C(=O)NS(C)(=O)=O)c(OCC(F)(F)F)c2)cc1. The number of ether oxygens (including phenoxy) is 2. The van der Waals surface area contributed by atoms with Crippen molar-refractivity contribution in [2.24, 2.45) is 0 Å². The normalized spacial score (nSPS) is 13.5. The first-order valence-electron chi connectivity index (χ1n) is 13.6. The minimum atomic E-state index is -4.70. The van der Waals surface area contributed by atoms with Crippen LogP contribution in [0.3, 0.4) is 0 Å². The molecule has 238 valence electrons. The van der Waals surface area contributed by atoms with Crippen LogP contribution in [0, 0.1) is 0 Å². The first kappa shape index (κ1) is 34.4. The standard InChI is InChI=1S/C31H35F3N2O7S/c1-30(2,3)43-29(39)35-18-24(16-26(37)22-8-6-5-7-9-22)21-12-10-20(11-13-21)23-14-15-25(28(38)36-44(4,40)41)27(17-23)42-19-31(32,33)34/h5-15,17,24,26,37H,16,18-19H2,1-4H3,(H,35,39)(H,36,38)/t24?,26-/m1/s1. The van der Waals surface area contributed by atoms with Gasteiger partial charge in [-0.1, -0.05) is 60.7 Å². The number of amides is 2. The molecule has 3 aromatic rings. The largest absolute Gasteiger partial charge is 0.483 e. The van der Waals surface area contributed by atoms with Gasteiger partial charge in [0.2, 0.25) is 10.0 Å². The zero-order chi connectivity index (χ0) is 32.7. The number of halogens is 3. The third-order valence-electron chi connectivity index (χ3n) is 6.19. The molecule has 0 aliphatic rings. The summed E-state index contributed by atoms with van der Waals surface area (Å²) in [6, 6.07) is 19.8. The Bertz CT molecular complexity index is 1540. The number of carbonyl (C=O) groups is 2. The second-order valence-corrected chi connectivity index (χ2v) is 12.9. The van der Waals surface area contributed by atoms with Gasteiger partial charge < -0.3 is 19.9 Å². The predicted octanol–water partition coefficient (Wildman–Crippen LogP) is 5.72. The minimum absolute atomic E-state index is 0.151. The van der Waals surface area contributed by atoms with Crippen LogP contribution in [0.4, 0.5) is 18.0 Å². The van der Waals surface area contributed by atoms with Crippen molar-refractivity contribution in [2.75, 3.05) is 19.4 Å². The maximum atomic E-state index is 12.9. The molecule has 0 spiro atoms. The van der Waals surface area contributed by atoms with Crippen molar-refractivity contribution in [3.63, 3.8) is 0 Å². The molecule has 0 aliphatic carbocycles. The first-order valence-corrected chi connectivity index (χ1v) is 15.5. The Balaban J connectivity index is 1.90. The highest BCUT2D eigenvalue weighted by molar-refractivity contribution is 7.89. The van der Waals surface area contributed by atoms with Gasteiger partial charge >= 0.3 is 12.3 Å². The first-order chi connectivity index (χ1) is 20.4. The van der Waals surface area contributed by atoms with Gasteiger partial charge in [-0.2, -0.15) is 13.2 Å². The van der Waals surface area contributed by atoms with Crippen LogP contribution >= 0.6 is 0 Å². The number of benzene rings is 3. The number of hydrogen-bond donors (Lipinski definition) is 3. The molecule has 0 fully saturated rings. The summed E-state index contributed by atoms with van der Waals surface area (Å²) in [5, 5.41) is 13.7. The van der Waals surface area contributed by atoms with E-state index in [2.05, 4.69) is 5.32 Å². The van der Waals surface area contributed by atoms with Crippen molar-refractivity contribution in [2.45, 2.75) is 51.0 Å². The van der Waals surface area contributed by atoms with Crippen LogP contribution in [0.15, 0.2) is 72.8 Å². The van der Waals surface area contributed by atoms with Gasteiger partial charge in [-0.05, 0) is 61.6 Å². The van der Waals surface area contributed by atoms with Crippen molar-refractivity contribution < 1.29 is 45.8 Å². The van der Waals surface area contributed by atoms with Crippen LogP contribution in [0.5, 0.6) is 5.75 Å². The van der Waals surface area contributed by atoms with Gasteiger partial charge in [0, 0.05) is 12.5 Å². The lowest BCUT2D eigenvalue weighted by atomic mass is 9.89. The fourth-order valence-corrected chi connectivity index (χ4v) is 4.73. The van der Waals surface area contributed by atoms with E-state index in [9.17, 15) is 36.3 Å². The third-order valence-corrected chi connectivity index (χ3v) is 6.75. The number of alkyl carbamates (subject to hydrolysis) is 1. The van der Waals surface area contributed by atoms with Gasteiger partial charge in [0.1, 0.15) is 11.4 Å². The van der Waals surface area contributed by atoms with E-state index < -0.39 is 52.3 Å². The van der Waals surface area contributed by atoms with Gasteiger partial charge in [0.05, 0.1) is 17.9 Å². The molecule has 0 radical (unpaired) electrons. The van der Waals surface area contributed by atoms with Crippen molar-refractivity contribution in [3.8, 4) is 16.9 Å². The summed E-state index contributed by atoms with van der Waals surface area (Å²) in [6.07, 6.45) is -5.14. The summed E-state index contributed by atoms with van der Waals surface area (Å²) in [5.41, 5.74) is 1.34. The minimum Gasteiger partial charge on any atom is -0.483 e. The smallest absolute Gasteiger partial charge is 0.422 e. The Morgan fingerprint density at radius 1 is 0.909 bits per heavy atom. The van der Waals surface area contributed by atoms with E-state index in [4.69, 9.17) is 9.47 Å². The molecule has 13 heteroatoms. The number of carbonyl (C=O) groups excluding carboxylic acids is 2. The average molecular weight is 637 g/mol. The topological polar surface area (TPSA) is 131 Å². The molecule has 0 saturated carbocycles. The highest BCUT2D eigenvalue weighted by atomic mass is 32.2. The average Bonchev–Trinajstić information content (AvgIpc) is 2.92. The molecule has 0 bridgehead atoms. The monoisotopic (exact) mass is 636 g/mol. The Morgan fingerprint density at radius 2 is 1.52 bits per heavy atom. The molecule has 44 heavy (non-hydrogen) atoms. The summed E-state index contributed by atoms with van der Waals surface area (Å²) < 4.78 is 73.7. The molecule has 0 aliphatic heterocycles. The Morgan fingerprint density at radius 3 is 2.09 bits per heavy atom. The van der Waals surface area contributed by atoms with Crippen molar-refractivity contribution in [1.29, 1.82) is 0 Å². The fourth-order valence-electron chi connectivity index (χ4n) is 4.28. The molecule has 2 atom stereocenters. The summed E-state index contributed by atoms with van der Waals surface area (Å²) in [4.78, 5) is 24.8. The quantitative estimate of drug-likeness (QED) is 0.246. The summed E-state index contributed by atoms with van der Waals surface area (Å²) in [7, 11) is -3.98. The molecule has 0 heterocycles. The Kier molecular flexibility index (Phi) is 11.0. The lowest BCUT2D eigenvalue weighted by Gasteiger charge is -2.24. The number of alkyl halides is 3. The maximum Gasteiger partial charge on any atom is 0.422 e. The van der Waals surface area contributed by atoms with Crippen LogP contribution in [-0.4, -0.2) is 56.7 Å². The van der Waals surface area contributed by atoms with Crippen molar-refractivity contribution >= 4 is 22.0 Å². The molecule has 3 N–H and O–H groups in total. The molecular weight excluding hydrogens is 601 g/mol. The van der Waals surface area contributed by atoms with E-state index in [0.717, 1.165) is 11.8 Å². The number of hydrogen-bond acceptors (Lipinski definition) is 7. The second-order valence-electron chi connectivity index (χ2n) is 11.2. The van der Waals surface area contributed by atoms with Gasteiger partial charge in [-0.15, -0.1) is 0 Å². The van der Waals surface area contributed by atoms with Gasteiger partial charge in [-0.3, -0.25) is 4.79 Å². The highest BCUT2D eigenvalue weighted by Crippen LogP contribution is 2.32. The molecule has 3 aromatic carbocycles. The molecule has 0 saturated heterocycles. The lowest BCUT2D eigenvalue weighted by Crippen LogP contribution is -2.35. The molecular formula is C31H35F3N2O7S. The van der Waals surface area contributed by atoms with E-state index in [0.29, 0.717) is 16.7 Å². The molecule has 2 amide bonds. The molecule has 9 nitrogen and oxygen atoms in total. The van der Waals surface area contributed by atoms with E-state index in [-0.39, 0.29) is 24.4 Å². The number of aliphatic hydroxyl groups is 1. The number of aliphatic hydroxyl groups excluding tert-OH is 1. The molecule has 0 aromatic heterocycles. The lowest BCUT2D eigenvalue weighted by molar-refractivity contribution is -0.153. The van der Waals surface area contributed by atoms with Crippen LogP contribution < -0.4 is 14.8 Å². The van der Waals surface area contributed by atoms with Crippen LogP contribution in [0.2, 0.25) is 0 Å². The maximum absolute atomic E-state index is 12.9. The van der Waals surface area contributed by atoms with Crippen molar-refractivity contribution in [3.05, 3.63) is 89.5 Å². The van der Waals surface area contributed by atoms with Gasteiger partial charge in [-0.25, -0.2) is 17.9 Å². The predicted molar refractivity (Wildman–Crippen MR) is 159 cm³/mol. The zero-order valence-corrected chi connectivity index (χ0v) is 25.5. The summed E-state index contributed by atoms with van der Waals surface area (Å²) in [6.45, 7) is 3.69. The van der Waals surface area contributed by atoms with Crippen LogP contribution in [0.1, 0.15) is 60.7 Å².